The number of fused-ring (bicyclic) bond motifs is 8. The summed E-state index contributed by atoms with van der Waals surface area (Å²) in [5, 5.41) is 44.3. The average molecular weight is 672 g/mol. The van der Waals surface area contributed by atoms with Gasteiger partial charge in [-0.15, -0.1) is 0 Å². The van der Waals surface area contributed by atoms with Crippen molar-refractivity contribution in [2.24, 2.45) is 5.41 Å². The zero-order chi connectivity index (χ0) is 35.2. The molecule has 0 radical (unpaired) electrons. The van der Waals surface area contributed by atoms with Crippen LogP contribution in [-0.4, -0.2) is 82.8 Å². The third-order valence-electron chi connectivity index (χ3n) is 11.0. The van der Waals surface area contributed by atoms with Crippen LogP contribution in [-0.2, 0) is 13.0 Å². The summed E-state index contributed by atoms with van der Waals surface area (Å²) >= 11 is 0. The summed E-state index contributed by atoms with van der Waals surface area (Å²) in [6.45, 7) is 4.64. The van der Waals surface area contributed by atoms with E-state index < -0.39 is 29.8 Å². The van der Waals surface area contributed by atoms with Crippen molar-refractivity contribution >= 4 is 5.78 Å². The Bertz CT molecular complexity index is 1610. The normalized spacial score (nSPS) is 25.0. The van der Waals surface area contributed by atoms with Gasteiger partial charge in [-0.2, -0.15) is 0 Å². The zero-order valence-corrected chi connectivity index (χ0v) is 29.4. The van der Waals surface area contributed by atoms with Crippen LogP contribution in [0, 0.1) is 5.41 Å². The molecule has 264 valence electrons. The van der Waals surface area contributed by atoms with Gasteiger partial charge in [0.15, 0.2) is 5.78 Å². The highest BCUT2D eigenvalue weighted by Gasteiger charge is 2.57. The first-order chi connectivity index (χ1) is 23.5. The van der Waals surface area contributed by atoms with E-state index in [-0.39, 0.29) is 24.8 Å². The molecule has 2 bridgehead atoms. The van der Waals surface area contributed by atoms with Crippen molar-refractivity contribution in [3.05, 3.63) is 106 Å². The Morgan fingerprint density at radius 2 is 1.80 bits per heavy atom. The molecule has 49 heavy (non-hydrogen) atoms. The number of hydrogen-bond donors (Lipinski definition) is 4. The third-order valence-corrected chi connectivity index (χ3v) is 11.0. The molecule has 5 atom stereocenters. The molecule has 0 amide bonds. The van der Waals surface area contributed by atoms with Crippen LogP contribution in [0.3, 0.4) is 0 Å². The van der Waals surface area contributed by atoms with Gasteiger partial charge in [0.2, 0.25) is 0 Å². The number of ketones is 1. The largest absolute Gasteiger partial charge is 0.497 e. The second-order valence-electron chi connectivity index (χ2n) is 14.3. The van der Waals surface area contributed by atoms with E-state index >= 15 is 0 Å². The zero-order valence-electron chi connectivity index (χ0n) is 29.4. The molecule has 4 N–H and O–H groups in total. The SMILES string of the molecule is COc1ccc(CN(CC(O)CO)CC2(O)CCC3c4ccc(cc4C(=O)c4ccccc4)CC(O)CCC(C)=CCCC32C)c(OC)c1. The van der Waals surface area contributed by atoms with Gasteiger partial charge >= 0.3 is 0 Å². The van der Waals surface area contributed by atoms with Gasteiger partial charge in [-0.25, -0.2) is 0 Å². The lowest BCUT2D eigenvalue weighted by Gasteiger charge is -2.46. The first-order valence-corrected chi connectivity index (χ1v) is 17.5. The van der Waals surface area contributed by atoms with Crippen molar-refractivity contribution in [2.45, 2.75) is 89.1 Å². The smallest absolute Gasteiger partial charge is 0.193 e. The first kappa shape index (κ1) is 36.7. The van der Waals surface area contributed by atoms with Crippen LogP contribution in [0.2, 0.25) is 0 Å². The Hall–Kier alpha value is -3.53. The Kier molecular flexibility index (Phi) is 12.0. The molecule has 0 saturated heterocycles. The Morgan fingerprint density at radius 1 is 1.02 bits per heavy atom. The fourth-order valence-electron chi connectivity index (χ4n) is 8.08. The van der Waals surface area contributed by atoms with E-state index in [9.17, 15) is 25.2 Å². The second kappa shape index (κ2) is 16.0. The van der Waals surface area contributed by atoms with E-state index in [2.05, 4.69) is 26.0 Å². The molecule has 8 nitrogen and oxygen atoms in total. The fourth-order valence-corrected chi connectivity index (χ4v) is 8.08. The van der Waals surface area contributed by atoms with E-state index in [1.807, 2.05) is 65.6 Å². The number of carbonyl (C=O) groups excluding carboxylic acids is 1. The first-order valence-electron chi connectivity index (χ1n) is 17.5. The van der Waals surface area contributed by atoms with Gasteiger partial charge in [0.25, 0.3) is 0 Å². The van der Waals surface area contributed by atoms with Gasteiger partial charge in [0.05, 0.1) is 38.6 Å². The Balaban J connectivity index is 1.58. The number of benzene rings is 3. The summed E-state index contributed by atoms with van der Waals surface area (Å²) in [4.78, 5) is 16.2. The van der Waals surface area contributed by atoms with Crippen LogP contribution in [0.4, 0.5) is 0 Å². The van der Waals surface area contributed by atoms with Gasteiger partial charge in [0, 0.05) is 47.8 Å². The number of rotatable bonds is 11. The van der Waals surface area contributed by atoms with Crippen molar-refractivity contribution in [3.8, 4) is 11.5 Å². The number of hydrogen-bond acceptors (Lipinski definition) is 8. The van der Waals surface area contributed by atoms with Crippen LogP contribution < -0.4 is 9.47 Å². The summed E-state index contributed by atoms with van der Waals surface area (Å²) in [7, 11) is 3.20. The lowest BCUT2D eigenvalue weighted by Crippen LogP contribution is -2.53. The molecule has 3 aliphatic rings. The number of allylic oxidation sites excluding steroid dienone is 2. The third kappa shape index (κ3) is 8.27. The van der Waals surface area contributed by atoms with Crippen molar-refractivity contribution in [1.82, 2.24) is 4.90 Å². The van der Waals surface area contributed by atoms with E-state index in [0.29, 0.717) is 61.3 Å². The van der Waals surface area contributed by atoms with Crippen LogP contribution in [0.25, 0.3) is 0 Å². The Morgan fingerprint density at radius 3 is 2.51 bits per heavy atom. The lowest BCUT2D eigenvalue weighted by molar-refractivity contribution is -0.0908. The molecule has 3 aliphatic carbocycles. The van der Waals surface area contributed by atoms with Gasteiger partial charge in [-0.05, 0) is 81.0 Å². The predicted octanol–water partition coefficient (Wildman–Crippen LogP) is 5.83. The minimum absolute atomic E-state index is 0.0631. The number of aliphatic hydroxyl groups is 4. The number of carbonyl (C=O) groups is 1. The highest BCUT2D eigenvalue weighted by Crippen LogP contribution is 2.59. The molecule has 0 aromatic heterocycles. The number of nitrogens with zero attached hydrogens (tertiary/aromatic N) is 1. The van der Waals surface area contributed by atoms with E-state index in [0.717, 1.165) is 29.5 Å². The van der Waals surface area contributed by atoms with E-state index in [1.54, 1.807) is 14.2 Å². The molecule has 1 saturated carbocycles. The molecule has 0 spiro atoms. The minimum Gasteiger partial charge on any atom is -0.497 e. The molecule has 6 rings (SSSR count). The molecule has 0 heterocycles. The number of aliphatic hydroxyl groups excluding tert-OH is 3. The average Bonchev–Trinajstić information content (AvgIpc) is 3.35. The summed E-state index contributed by atoms with van der Waals surface area (Å²) in [6, 6.07) is 20.9. The number of ether oxygens (including phenoxy) is 2. The van der Waals surface area contributed by atoms with Crippen LogP contribution >= 0.6 is 0 Å². The predicted molar refractivity (Wildman–Crippen MR) is 191 cm³/mol. The molecule has 3 aromatic rings. The molecular formula is C41H53NO7. The van der Waals surface area contributed by atoms with Gasteiger partial charge < -0.3 is 29.9 Å². The monoisotopic (exact) mass is 671 g/mol. The highest BCUT2D eigenvalue weighted by molar-refractivity contribution is 6.10. The van der Waals surface area contributed by atoms with Crippen LogP contribution in [0.1, 0.15) is 90.9 Å². The topological polar surface area (TPSA) is 120 Å². The van der Waals surface area contributed by atoms with E-state index in [4.69, 9.17) is 9.47 Å². The summed E-state index contributed by atoms with van der Waals surface area (Å²) < 4.78 is 11.1. The fraction of sp³-hybridized carbons (Fsp3) is 0.488. The van der Waals surface area contributed by atoms with Crippen molar-refractivity contribution < 1.29 is 34.7 Å². The Labute approximate surface area is 291 Å². The van der Waals surface area contributed by atoms with Crippen molar-refractivity contribution in [1.29, 1.82) is 0 Å². The highest BCUT2D eigenvalue weighted by atomic mass is 16.5. The summed E-state index contributed by atoms with van der Waals surface area (Å²) in [5.74, 6) is 1.11. The maximum Gasteiger partial charge on any atom is 0.193 e. The maximum atomic E-state index is 14.2. The van der Waals surface area contributed by atoms with Crippen LogP contribution in [0.15, 0.2) is 78.4 Å². The molecule has 1 fully saturated rings. The quantitative estimate of drug-likeness (QED) is 0.149. The summed E-state index contributed by atoms with van der Waals surface area (Å²) in [5.41, 5.74) is 3.31. The minimum atomic E-state index is -1.19. The van der Waals surface area contributed by atoms with E-state index in [1.165, 1.54) is 5.57 Å². The molecule has 5 unspecified atom stereocenters. The standard InChI is InChI=1S/C41H53NO7/c1-28-9-8-19-40(2)37(35-17-13-29(21-32(44)15-12-28)22-36(35)39(46)30-10-6-5-7-11-30)18-20-41(40,47)27-42(25-33(45)26-43)24-31-14-16-34(48-3)23-38(31)49-4/h5-7,9-11,13-14,16-17,22-23,32-33,37,43-45,47H,8,12,15,18-21,24-27H2,1-4H3. The van der Waals surface area contributed by atoms with Crippen LogP contribution in [0.5, 0.6) is 11.5 Å². The second-order valence-corrected chi connectivity index (χ2v) is 14.3. The van der Waals surface area contributed by atoms with Gasteiger partial charge in [-0.1, -0.05) is 67.1 Å². The van der Waals surface area contributed by atoms with Gasteiger partial charge in [-0.3, -0.25) is 9.69 Å². The van der Waals surface area contributed by atoms with Crippen molar-refractivity contribution in [3.63, 3.8) is 0 Å². The molecular weight excluding hydrogens is 618 g/mol. The molecule has 0 aliphatic heterocycles. The maximum absolute atomic E-state index is 14.2. The van der Waals surface area contributed by atoms with Crippen molar-refractivity contribution in [2.75, 3.05) is 33.9 Å². The van der Waals surface area contributed by atoms with Gasteiger partial charge in [0.1, 0.15) is 11.5 Å². The molecule has 3 aromatic carbocycles. The number of methoxy groups -OCH3 is 2. The molecule has 8 heteroatoms. The summed E-state index contributed by atoms with van der Waals surface area (Å²) in [6.07, 6.45) is 5.19. The lowest BCUT2D eigenvalue weighted by atomic mass is 9.64.